The van der Waals surface area contributed by atoms with Crippen LogP contribution in [0.15, 0.2) is 29.5 Å². The van der Waals surface area contributed by atoms with Crippen LogP contribution in [0.1, 0.15) is 5.56 Å². The summed E-state index contributed by atoms with van der Waals surface area (Å²) >= 11 is 0. The Morgan fingerprint density at radius 3 is 2.19 bits per heavy atom. The van der Waals surface area contributed by atoms with Crippen molar-refractivity contribution >= 4 is 5.69 Å². The predicted octanol–water partition coefficient (Wildman–Crippen LogP) is 2.95. The first-order chi connectivity index (χ1) is 9.87. The second kappa shape index (κ2) is 6.31. The second-order valence-electron chi connectivity index (χ2n) is 3.62. The zero-order valence-corrected chi connectivity index (χ0v) is 10.6. The fraction of sp³-hybridized carbons (Fsp3) is 0.154. The highest BCUT2D eigenvalue weighted by atomic mass is 19.4. The van der Waals surface area contributed by atoms with Crippen molar-refractivity contribution < 1.29 is 17.9 Å². The molecule has 0 heterocycles. The topological polar surface area (TPSA) is 92.6 Å². The summed E-state index contributed by atoms with van der Waals surface area (Å²) in [5.74, 6) is -0.378. The molecule has 0 atom stereocenters. The Labute approximate surface area is 118 Å². The summed E-state index contributed by atoms with van der Waals surface area (Å²) in [4.78, 5) is 0. The third-order valence-electron chi connectivity index (χ3n) is 2.36. The van der Waals surface area contributed by atoms with Gasteiger partial charge in [0.15, 0.2) is 5.57 Å². The van der Waals surface area contributed by atoms with Gasteiger partial charge in [0.2, 0.25) is 0 Å². The van der Waals surface area contributed by atoms with Gasteiger partial charge >= 0.3 is 6.18 Å². The molecule has 0 bridgehead atoms. The molecule has 1 N–H and O–H groups in total. The monoisotopic (exact) mass is 292 g/mol. The lowest BCUT2D eigenvalue weighted by molar-refractivity contribution is -0.138. The summed E-state index contributed by atoms with van der Waals surface area (Å²) in [5.41, 5.74) is -2.09. The first-order valence-corrected chi connectivity index (χ1v) is 5.34. The Balaban J connectivity index is 3.31. The minimum atomic E-state index is -4.65. The minimum Gasteiger partial charge on any atom is -0.496 e. The molecule has 1 rings (SSSR count). The van der Waals surface area contributed by atoms with Crippen molar-refractivity contribution in [3.8, 4) is 24.0 Å². The number of halogens is 3. The highest BCUT2D eigenvalue weighted by Gasteiger charge is 2.34. The van der Waals surface area contributed by atoms with E-state index in [9.17, 15) is 13.2 Å². The van der Waals surface area contributed by atoms with Crippen molar-refractivity contribution in [3.05, 3.63) is 35.0 Å². The van der Waals surface area contributed by atoms with Crippen LogP contribution in [0.25, 0.3) is 0 Å². The maximum Gasteiger partial charge on any atom is 0.420 e. The number of rotatable bonds is 3. The van der Waals surface area contributed by atoms with E-state index in [0.29, 0.717) is 0 Å². The molecule has 106 valence electrons. The third kappa shape index (κ3) is 3.65. The summed E-state index contributed by atoms with van der Waals surface area (Å²) in [5, 5.41) is 28.4. The third-order valence-corrected chi connectivity index (χ3v) is 2.36. The van der Waals surface area contributed by atoms with Crippen LogP contribution in [-0.2, 0) is 6.18 Å². The molecule has 21 heavy (non-hydrogen) atoms. The SMILES string of the molecule is COc1ccc(NC(C#N)=C(C#N)C#N)cc1C(F)(F)F. The van der Waals surface area contributed by atoms with Crippen LogP contribution in [0, 0.1) is 34.0 Å². The number of hydrogen-bond acceptors (Lipinski definition) is 5. The average Bonchev–Trinajstić information content (AvgIpc) is 2.46. The van der Waals surface area contributed by atoms with Crippen LogP contribution in [-0.4, -0.2) is 7.11 Å². The van der Waals surface area contributed by atoms with E-state index in [4.69, 9.17) is 15.8 Å². The molecular weight excluding hydrogens is 285 g/mol. The van der Waals surface area contributed by atoms with Crippen LogP contribution in [0.2, 0.25) is 0 Å². The Morgan fingerprint density at radius 1 is 1.14 bits per heavy atom. The molecule has 0 spiro atoms. The van der Waals surface area contributed by atoms with Crippen molar-refractivity contribution in [2.45, 2.75) is 6.18 Å². The van der Waals surface area contributed by atoms with Gasteiger partial charge in [-0.25, -0.2) is 0 Å². The van der Waals surface area contributed by atoms with Crippen LogP contribution >= 0.6 is 0 Å². The lowest BCUT2D eigenvalue weighted by atomic mass is 10.1. The number of anilines is 1. The van der Waals surface area contributed by atoms with Gasteiger partial charge in [-0.1, -0.05) is 0 Å². The second-order valence-corrected chi connectivity index (χ2v) is 3.62. The number of alkyl halides is 3. The summed E-state index contributed by atoms with van der Waals surface area (Å²) in [6.45, 7) is 0. The van der Waals surface area contributed by atoms with Crippen molar-refractivity contribution in [1.29, 1.82) is 15.8 Å². The number of ether oxygens (including phenoxy) is 1. The molecule has 0 aromatic heterocycles. The fourth-order valence-electron chi connectivity index (χ4n) is 1.43. The van der Waals surface area contributed by atoms with Gasteiger partial charge in [-0.2, -0.15) is 29.0 Å². The van der Waals surface area contributed by atoms with Crippen molar-refractivity contribution in [2.75, 3.05) is 12.4 Å². The van der Waals surface area contributed by atoms with E-state index in [2.05, 4.69) is 10.1 Å². The molecule has 0 fully saturated rings. The number of methoxy groups -OCH3 is 1. The molecule has 1 aromatic rings. The first kappa shape index (κ1) is 15.9. The number of nitriles is 3. The van der Waals surface area contributed by atoms with Gasteiger partial charge in [0.1, 0.15) is 29.7 Å². The molecule has 0 unspecified atom stereocenters. The van der Waals surface area contributed by atoms with Gasteiger partial charge in [0.05, 0.1) is 12.7 Å². The standard InChI is InChI=1S/C13H7F3N4O/c1-21-12-3-2-9(4-10(12)13(14,15)16)20-11(7-19)8(5-17)6-18/h2-4,20H,1H3. The number of nitrogens with one attached hydrogen (secondary N) is 1. The number of allylic oxidation sites excluding steroid dienone is 2. The van der Waals surface area contributed by atoms with Gasteiger partial charge in [0.25, 0.3) is 0 Å². The van der Waals surface area contributed by atoms with E-state index in [1.807, 2.05) is 0 Å². The number of nitrogens with zero attached hydrogens (tertiary/aromatic N) is 3. The molecule has 0 radical (unpaired) electrons. The quantitative estimate of drug-likeness (QED) is 0.864. The molecular formula is C13H7F3N4O. The van der Waals surface area contributed by atoms with Crippen LogP contribution in [0.4, 0.5) is 18.9 Å². The Bertz CT molecular complexity index is 686. The van der Waals surface area contributed by atoms with Gasteiger partial charge in [-0.3, -0.25) is 0 Å². The zero-order valence-electron chi connectivity index (χ0n) is 10.6. The highest BCUT2D eigenvalue weighted by Crippen LogP contribution is 2.37. The van der Waals surface area contributed by atoms with Gasteiger partial charge < -0.3 is 10.1 Å². The van der Waals surface area contributed by atoms with E-state index >= 15 is 0 Å². The molecule has 0 saturated carbocycles. The first-order valence-electron chi connectivity index (χ1n) is 5.34. The van der Waals surface area contributed by atoms with E-state index < -0.39 is 23.0 Å². The van der Waals surface area contributed by atoms with Crippen LogP contribution in [0.3, 0.4) is 0 Å². The maximum atomic E-state index is 12.8. The molecule has 0 aliphatic rings. The van der Waals surface area contributed by atoms with Gasteiger partial charge in [-0.15, -0.1) is 0 Å². The Morgan fingerprint density at radius 2 is 1.76 bits per heavy atom. The van der Waals surface area contributed by atoms with Crippen molar-refractivity contribution in [1.82, 2.24) is 0 Å². The van der Waals surface area contributed by atoms with E-state index in [-0.39, 0.29) is 11.4 Å². The molecule has 1 aromatic carbocycles. The largest absolute Gasteiger partial charge is 0.496 e. The molecule has 0 aliphatic heterocycles. The molecule has 5 nitrogen and oxygen atoms in total. The highest BCUT2D eigenvalue weighted by molar-refractivity contribution is 5.61. The maximum absolute atomic E-state index is 12.8. The van der Waals surface area contributed by atoms with Gasteiger partial charge in [0, 0.05) is 5.69 Å². The summed E-state index contributed by atoms with van der Waals surface area (Å²) in [7, 11) is 1.10. The fourth-order valence-corrected chi connectivity index (χ4v) is 1.43. The van der Waals surface area contributed by atoms with Crippen molar-refractivity contribution in [3.63, 3.8) is 0 Å². The molecule has 8 heteroatoms. The number of benzene rings is 1. The van der Waals surface area contributed by atoms with E-state index in [0.717, 1.165) is 19.2 Å². The summed E-state index contributed by atoms with van der Waals surface area (Å²) in [6, 6.07) is 7.53. The summed E-state index contributed by atoms with van der Waals surface area (Å²) < 4.78 is 43.1. The van der Waals surface area contributed by atoms with Crippen LogP contribution in [0.5, 0.6) is 5.75 Å². The normalized spacial score (nSPS) is 9.76. The summed E-state index contributed by atoms with van der Waals surface area (Å²) in [6.07, 6.45) is -4.65. The lowest BCUT2D eigenvalue weighted by Crippen LogP contribution is -2.09. The minimum absolute atomic E-state index is 0.0947. The van der Waals surface area contributed by atoms with Crippen molar-refractivity contribution in [2.24, 2.45) is 0 Å². The molecule has 0 saturated heterocycles. The lowest BCUT2D eigenvalue weighted by Gasteiger charge is -2.14. The predicted molar refractivity (Wildman–Crippen MR) is 65.5 cm³/mol. The van der Waals surface area contributed by atoms with E-state index in [1.54, 1.807) is 6.07 Å². The van der Waals surface area contributed by atoms with Gasteiger partial charge in [-0.05, 0) is 18.2 Å². The van der Waals surface area contributed by atoms with E-state index in [1.165, 1.54) is 18.2 Å². The zero-order chi connectivity index (χ0) is 16.0. The molecule has 0 aliphatic carbocycles. The number of hydrogen-bond donors (Lipinski definition) is 1. The smallest absolute Gasteiger partial charge is 0.420 e. The Hall–Kier alpha value is -3.18. The Kier molecular flexibility index (Phi) is 4.77. The van der Waals surface area contributed by atoms with Crippen LogP contribution < -0.4 is 10.1 Å². The average molecular weight is 292 g/mol. The molecule has 0 amide bonds.